The number of H-pyrrole nitrogens is 1. The Kier molecular flexibility index (Phi) is 4.46. The van der Waals surface area contributed by atoms with Crippen LogP contribution in [0.5, 0.6) is 11.6 Å². The zero-order chi connectivity index (χ0) is 16.2. The number of benzene rings is 1. The molecule has 0 spiro atoms. The molecule has 0 amide bonds. The predicted molar refractivity (Wildman–Crippen MR) is 80.7 cm³/mol. The molecule has 23 heavy (non-hydrogen) atoms. The summed E-state index contributed by atoms with van der Waals surface area (Å²) in [6.07, 6.45) is 0.905. The maximum atomic E-state index is 11.0. The first-order chi connectivity index (χ1) is 11.1. The maximum absolute atomic E-state index is 11.0. The molecule has 1 aromatic heterocycles. The first kappa shape index (κ1) is 15.3. The minimum absolute atomic E-state index is 0.0528. The summed E-state index contributed by atoms with van der Waals surface area (Å²) in [5.74, 6) is 5.42. The molecule has 1 atom stereocenters. The number of aromatic amines is 1. The smallest absolute Gasteiger partial charge is 0.362 e. The van der Waals surface area contributed by atoms with Crippen LogP contribution < -0.4 is 4.74 Å². The van der Waals surface area contributed by atoms with Gasteiger partial charge in [-0.15, -0.1) is 5.10 Å². The molecule has 8 heteroatoms. The third kappa shape index (κ3) is 3.62. The van der Waals surface area contributed by atoms with E-state index in [0.717, 1.165) is 13.0 Å². The van der Waals surface area contributed by atoms with Crippen LogP contribution in [0.4, 0.5) is 0 Å². The van der Waals surface area contributed by atoms with Gasteiger partial charge in [0, 0.05) is 18.1 Å². The number of halogens is 1. The van der Waals surface area contributed by atoms with E-state index < -0.39 is 5.97 Å². The highest BCUT2D eigenvalue weighted by atomic mass is 35.5. The van der Waals surface area contributed by atoms with Gasteiger partial charge in [0.05, 0.1) is 11.6 Å². The maximum Gasteiger partial charge on any atom is 0.362 e. The van der Waals surface area contributed by atoms with E-state index in [2.05, 4.69) is 27.3 Å². The van der Waals surface area contributed by atoms with E-state index in [1.807, 2.05) is 0 Å². The highest BCUT2D eigenvalue weighted by molar-refractivity contribution is 6.31. The predicted octanol–water partition coefficient (Wildman–Crippen LogP) is 2.34. The average molecular weight is 334 g/mol. The highest BCUT2D eigenvalue weighted by Crippen LogP contribution is 2.26. The van der Waals surface area contributed by atoms with Crippen LogP contribution in [0, 0.1) is 17.8 Å². The zero-order valence-electron chi connectivity index (χ0n) is 11.9. The lowest BCUT2D eigenvalue weighted by Crippen LogP contribution is -1.99. The van der Waals surface area contributed by atoms with Crippen LogP contribution in [0.3, 0.4) is 0 Å². The summed E-state index contributed by atoms with van der Waals surface area (Å²) in [6.45, 7) is 1.35. The van der Waals surface area contributed by atoms with Gasteiger partial charge in [0.25, 0.3) is 5.88 Å². The van der Waals surface area contributed by atoms with Crippen LogP contribution >= 0.6 is 11.6 Å². The number of ether oxygens (including phenoxy) is 2. The molecule has 0 saturated carbocycles. The number of hydrogen-bond acceptors (Lipinski definition) is 5. The number of carboxylic acid groups (broad SMARTS) is 1. The van der Waals surface area contributed by atoms with Crippen molar-refractivity contribution in [3.8, 4) is 23.5 Å². The fourth-order valence-corrected chi connectivity index (χ4v) is 2.20. The van der Waals surface area contributed by atoms with Crippen molar-refractivity contribution < 1.29 is 19.4 Å². The molecular formula is C15H12ClN3O4. The van der Waals surface area contributed by atoms with Crippen LogP contribution in [-0.2, 0) is 4.74 Å². The minimum atomic E-state index is -1.23. The molecule has 0 bridgehead atoms. The summed E-state index contributed by atoms with van der Waals surface area (Å²) in [4.78, 5) is 11.0. The molecule has 0 aliphatic carbocycles. The second-order valence-corrected chi connectivity index (χ2v) is 5.28. The van der Waals surface area contributed by atoms with Gasteiger partial charge in [-0.3, -0.25) is 0 Å². The van der Waals surface area contributed by atoms with Crippen molar-refractivity contribution in [1.82, 2.24) is 15.4 Å². The molecule has 2 aromatic rings. The zero-order valence-corrected chi connectivity index (χ0v) is 12.6. The third-order valence-corrected chi connectivity index (χ3v) is 3.55. The van der Waals surface area contributed by atoms with Crippen molar-refractivity contribution in [3.63, 3.8) is 0 Å². The molecule has 1 aliphatic rings. The molecule has 3 rings (SSSR count). The Labute approximate surface area is 136 Å². The monoisotopic (exact) mass is 333 g/mol. The first-order valence-corrected chi connectivity index (χ1v) is 7.22. The molecule has 2 N–H and O–H groups in total. The summed E-state index contributed by atoms with van der Waals surface area (Å²) < 4.78 is 10.7. The molecule has 1 saturated heterocycles. The molecule has 7 nitrogen and oxygen atoms in total. The number of nitrogens with one attached hydrogen (secondary N) is 1. The molecule has 1 fully saturated rings. The van der Waals surface area contributed by atoms with Crippen LogP contribution in [0.2, 0.25) is 5.02 Å². The van der Waals surface area contributed by atoms with Gasteiger partial charge in [-0.05, 0) is 24.6 Å². The Morgan fingerprint density at radius 1 is 1.52 bits per heavy atom. The lowest BCUT2D eigenvalue weighted by molar-refractivity contribution is 0.0687. The largest absolute Gasteiger partial charge is 0.476 e. The number of hydrogen-bond donors (Lipinski definition) is 2. The molecule has 1 aliphatic heterocycles. The fraction of sp³-hybridized carbons (Fsp3) is 0.267. The molecule has 0 radical (unpaired) electrons. The summed E-state index contributed by atoms with van der Waals surface area (Å²) >= 11 is 6.13. The Morgan fingerprint density at radius 2 is 2.39 bits per heavy atom. The first-order valence-electron chi connectivity index (χ1n) is 6.84. The van der Waals surface area contributed by atoms with Gasteiger partial charge < -0.3 is 14.6 Å². The van der Waals surface area contributed by atoms with E-state index in [1.54, 1.807) is 18.2 Å². The second-order valence-electron chi connectivity index (χ2n) is 4.87. The number of aromatic carboxylic acids is 1. The molecule has 1 unspecified atom stereocenters. The third-order valence-electron chi connectivity index (χ3n) is 3.22. The molecule has 2 heterocycles. The van der Waals surface area contributed by atoms with Gasteiger partial charge >= 0.3 is 5.97 Å². The summed E-state index contributed by atoms with van der Waals surface area (Å²) in [5, 5.41) is 18.7. The number of aromatic nitrogens is 3. The molecular weight excluding hydrogens is 322 g/mol. The van der Waals surface area contributed by atoms with Gasteiger partial charge in [-0.2, -0.15) is 0 Å². The quantitative estimate of drug-likeness (QED) is 0.837. The van der Waals surface area contributed by atoms with Crippen molar-refractivity contribution in [2.75, 3.05) is 13.2 Å². The van der Waals surface area contributed by atoms with Crippen molar-refractivity contribution in [2.45, 2.75) is 6.42 Å². The minimum Gasteiger partial charge on any atom is -0.476 e. The van der Waals surface area contributed by atoms with Crippen molar-refractivity contribution in [2.24, 2.45) is 5.92 Å². The van der Waals surface area contributed by atoms with Gasteiger partial charge in [-0.1, -0.05) is 28.7 Å². The lowest BCUT2D eigenvalue weighted by Gasteiger charge is -2.05. The van der Waals surface area contributed by atoms with Crippen molar-refractivity contribution in [1.29, 1.82) is 0 Å². The van der Waals surface area contributed by atoms with E-state index in [-0.39, 0.29) is 17.5 Å². The number of carboxylic acids is 1. The Hall–Kier alpha value is -2.56. The van der Waals surface area contributed by atoms with Gasteiger partial charge in [0.15, 0.2) is 0 Å². The number of nitrogens with zero attached hydrogens (tertiary/aromatic N) is 2. The molecule has 118 valence electrons. The summed E-state index contributed by atoms with van der Waals surface area (Å²) in [7, 11) is 0. The van der Waals surface area contributed by atoms with E-state index >= 15 is 0 Å². The van der Waals surface area contributed by atoms with E-state index in [1.165, 1.54) is 0 Å². The number of rotatable bonds is 3. The topological polar surface area (TPSA) is 97.3 Å². The highest BCUT2D eigenvalue weighted by Gasteiger charge is 2.17. The van der Waals surface area contributed by atoms with Crippen LogP contribution in [0.15, 0.2) is 18.2 Å². The fourth-order valence-electron chi connectivity index (χ4n) is 2.04. The van der Waals surface area contributed by atoms with Gasteiger partial charge in [0.1, 0.15) is 5.75 Å². The summed E-state index contributed by atoms with van der Waals surface area (Å²) in [6, 6.07) is 4.88. The van der Waals surface area contributed by atoms with Crippen LogP contribution in [-0.4, -0.2) is 39.7 Å². The lowest BCUT2D eigenvalue weighted by atomic mass is 10.1. The standard InChI is InChI=1S/C15H12ClN3O4/c16-12-4-3-11(23-14-13(15(20)21)17-19-18-14)7-10(12)2-1-9-5-6-22-8-9/h3-4,7,9H,5-6,8H2,(H,20,21)(H,17,18,19). The van der Waals surface area contributed by atoms with E-state index in [4.69, 9.17) is 26.2 Å². The normalized spacial score (nSPS) is 16.7. The number of carbonyl (C=O) groups is 1. The van der Waals surface area contributed by atoms with Gasteiger partial charge in [-0.25, -0.2) is 9.89 Å². The summed E-state index contributed by atoms with van der Waals surface area (Å²) in [5.41, 5.74) is 0.302. The average Bonchev–Trinajstić information content (AvgIpc) is 3.19. The van der Waals surface area contributed by atoms with Crippen LogP contribution in [0.1, 0.15) is 22.5 Å². The Bertz CT molecular complexity index is 788. The second kappa shape index (κ2) is 6.69. The Balaban J connectivity index is 1.82. The SMILES string of the molecule is O=C(O)c1nn[nH]c1Oc1ccc(Cl)c(C#CC2CCOC2)c1. The van der Waals surface area contributed by atoms with Crippen molar-refractivity contribution >= 4 is 17.6 Å². The molecule has 1 aromatic carbocycles. The van der Waals surface area contributed by atoms with E-state index in [0.29, 0.717) is 22.9 Å². The van der Waals surface area contributed by atoms with E-state index in [9.17, 15) is 4.79 Å². The van der Waals surface area contributed by atoms with Gasteiger partial charge in [0.2, 0.25) is 5.69 Å². The Morgan fingerprint density at radius 3 is 3.13 bits per heavy atom. The van der Waals surface area contributed by atoms with Crippen LogP contribution in [0.25, 0.3) is 0 Å². The van der Waals surface area contributed by atoms with Crippen molar-refractivity contribution in [3.05, 3.63) is 34.5 Å².